The van der Waals surface area contributed by atoms with Crippen molar-refractivity contribution in [3.63, 3.8) is 0 Å². The molecule has 0 fully saturated rings. The number of halogens is 6. The van der Waals surface area contributed by atoms with Crippen LogP contribution < -0.4 is 9.47 Å². The number of nitrogens with zero attached hydrogens (tertiary/aromatic N) is 2. The van der Waals surface area contributed by atoms with Crippen molar-refractivity contribution in [2.45, 2.75) is 30.5 Å². The smallest absolute Gasteiger partial charge is 0.481 e. The zero-order valence-electron chi connectivity index (χ0n) is 22.7. The number of hydrogen-bond donors (Lipinski definition) is 1. The molecule has 0 amide bonds. The minimum absolute atomic E-state index is 0.00761. The molecule has 1 N–H and O–H groups in total. The molecule has 0 aromatic heterocycles. The Kier molecular flexibility index (Phi) is 9.44. The molecule has 9 nitrogen and oxygen atoms in total. The predicted molar refractivity (Wildman–Crippen MR) is 143 cm³/mol. The topological polar surface area (TPSA) is 115 Å². The van der Waals surface area contributed by atoms with Crippen LogP contribution in [0.25, 0.3) is 0 Å². The molecule has 4 rings (SSSR count). The van der Waals surface area contributed by atoms with Crippen molar-refractivity contribution in [2.75, 3.05) is 20.2 Å². The van der Waals surface area contributed by atoms with Crippen molar-refractivity contribution in [3.05, 3.63) is 89.0 Å². The van der Waals surface area contributed by atoms with Crippen molar-refractivity contribution in [1.82, 2.24) is 4.31 Å². The second kappa shape index (κ2) is 12.7. The van der Waals surface area contributed by atoms with E-state index in [0.29, 0.717) is 11.1 Å². The van der Waals surface area contributed by atoms with Gasteiger partial charge in [0.05, 0.1) is 17.4 Å². The Labute approximate surface area is 247 Å². The van der Waals surface area contributed by atoms with Crippen LogP contribution in [0.3, 0.4) is 0 Å². The second-order valence-electron chi connectivity index (χ2n) is 9.58. The van der Waals surface area contributed by atoms with Crippen molar-refractivity contribution >= 4 is 21.7 Å². The highest BCUT2D eigenvalue weighted by Crippen LogP contribution is 2.33. The highest BCUT2D eigenvalue weighted by Gasteiger charge is 2.34. The number of oxime groups is 1. The van der Waals surface area contributed by atoms with E-state index >= 15 is 0 Å². The Morgan fingerprint density at radius 3 is 1.89 bits per heavy atom. The number of carbonyl (C=O) groups is 1. The number of fused-ring (bicyclic) bond motifs is 1. The molecule has 3 aromatic rings. The molecule has 0 saturated carbocycles. The van der Waals surface area contributed by atoms with E-state index in [2.05, 4.69) is 14.6 Å². The fraction of sp³-hybridized carbons (Fsp3) is 0.286. The molecular weight excluding hydrogens is 622 g/mol. The standard InChI is InChI=1S/C28H24F6N2O7S/c1-36(44(39,40)24-4-2-3-19-15-20(26(37)38)16-23(19)24)13-14-41-35-25(17-5-9-21(10-6-17)42-27(29,30)31)18-7-11-22(12-8-18)43-28(32,33)34/h2-12,20H,13-16H2,1H3,(H,37,38). The second-order valence-corrected chi connectivity index (χ2v) is 11.6. The molecule has 0 spiro atoms. The number of rotatable bonds is 11. The lowest BCUT2D eigenvalue weighted by molar-refractivity contribution is -0.275. The van der Waals surface area contributed by atoms with Gasteiger partial charge >= 0.3 is 18.7 Å². The number of benzene rings is 3. The first-order valence-electron chi connectivity index (χ1n) is 12.8. The summed E-state index contributed by atoms with van der Waals surface area (Å²) in [4.78, 5) is 16.8. The third kappa shape index (κ3) is 8.19. The highest BCUT2D eigenvalue weighted by molar-refractivity contribution is 7.89. The van der Waals surface area contributed by atoms with Crippen LogP contribution in [0.2, 0.25) is 0 Å². The van der Waals surface area contributed by atoms with Crippen LogP contribution >= 0.6 is 0 Å². The van der Waals surface area contributed by atoms with E-state index in [-0.39, 0.29) is 47.7 Å². The zero-order chi connectivity index (χ0) is 32.3. The zero-order valence-corrected chi connectivity index (χ0v) is 23.5. The average Bonchev–Trinajstić information content (AvgIpc) is 3.37. The van der Waals surface area contributed by atoms with Gasteiger partial charge < -0.3 is 19.4 Å². The first kappa shape index (κ1) is 32.6. The van der Waals surface area contributed by atoms with Crippen LogP contribution in [0.15, 0.2) is 76.8 Å². The van der Waals surface area contributed by atoms with E-state index in [1.807, 2.05) is 0 Å². The lowest BCUT2D eigenvalue weighted by Gasteiger charge is -2.19. The van der Waals surface area contributed by atoms with Crippen molar-refractivity contribution in [3.8, 4) is 11.5 Å². The molecule has 1 atom stereocenters. The summed E-state index contributed by atoms with van der Waals surface area (Å²) >= 11 is 0. The monoisotopic (exact) mass is 646 g/mol. The van der Waals surface area contributed by atoms with Gasteiger partial charge in [0.25, 0.3) is 0 Å². The Morgan fingerprint density at radius 1 is 0.886 bits per heavy atom. The predicted octanol–water partition coefficient (Wildman–Crippen LogP) is 5.37. The molecule has 3 aromatic carbocycles. The number of hydrogen-bond acceptors (Lipinski definition) is 7. The molecule has 0 saturated heterocycles. The normalized spacial score (nSPS) is 15.0. The summed E-state index contributed by atoms with van der Waals surface area (Å²) in [6.45, 7) is -0.502. The van der Waals surface area contributed by atoms with E-state index in [1.165, 1.54) is 43.4 Å². The first-order valence-corrected chi connectivity index (χ1v) is 14.2. The Balaban J connectivity index is 1.52. The molecule has 1 unspecified atom stereocenters. The molecule has 236 valence electrons. The Morgan fingerprint density at radius 2 is 1.41 bits per heavy atom. The fourth-order valence-electron chi connectivity index (χ4n) is 4.50. The maximum atomic E-state index is 13.3. The molecular formula is C28H24F6N2O7S. The molecule has 0 radical (unpaired) electrons. The maximum absolute atomic E-state index is 13.3. The van der Waals surface area contributed by atoms with Gasteiger partial charge in [-0.3, -0.25) is 4.79 Å². The van der Waals surface area contributed by atoms with E-state index in [9.17, 15) is 44.7 Å². The number of carboxylic acid groups (broad SMARTS) is 1. The van der Waals surface area contributed by atoms with Gasteiger partial charge in [-0.25, -0.2) is 8.42 Å². The van der Waals surface area contributed by atoms with Crippen LogP contribution in [0.1, 0.15) is 22.3 Å². The summed E-state index contributed by atoms with van der Waals surface area (Å²) in [7, 11) is -2.76. The SMILES string of the molecule is CN(CCON=C(c1ccc(OC(F)(F)F)cc1)c1ccc(OC(F)(F)F)cc1)S(=O)(=O)c1cccc2c1CC(C(=O)O)C2. The van der Waals surface area contributed by atoms with Gasteiger partial charge in [-0.1, -0.05) is 17.3 Å². The van der Waals surface area contributed by atoms with E-state index in [1.54, 1.807) is 6.07 Å². The molecule has 0 bridgehead atoms. The largest absolute Gasteiger partial charge is 0.573 e. The summed E-state index contributed by atoms with van der Waals surface area (Å²) < 4.78 is 111. The highest BCUT2D eigenvalue weighted by atomic mass is 32.2. The number of aliphatic carboxylic acids is 1. The van der Waals surface area contributed by atoms with Gasteiger partial charge in [0.2, 0.25) is 10.0 Å². The minimum Gasteiger partial charge on any atom is -0.481 e. The van der Waals surface area contributed by atoms with E-state index in [0.717, 1.165) is 28.6 Å². The lowest BCUT2D eigenvalue weighted by atomic mass is 10.0. The van der Waals surface area contributed by atoms with Gasteiger partial charge in [-0.2, -0.15) is 4.31 Å². The fourth-order valence-corrected chi connectivity index (χ4v) is 5.93. The van der Waals surface area contributed by atoms with Crippen LogP contribution in [0.4, 0.5) is 26.3 Å². The number of likely N-dealkylation sites (N-methyl/N-ethyl adjacent to an activating group) is 1. The van der Waals surface area contributed by atoms with E-state index < -0.39 is 46.1 Å². The third-order valence-electron chi connectivity index (χ3n) is 6.56. The van der Waals surface area contributed by atoms with Gasteiger partial charge in [0.1, 0.15) is 23.8 Å². The van der Waals surface area contributed by atoms with Gasteiger partial charge in [-0.05, 0) is 78.6 Å². The molecule has 0 heterocycles. The summed E-state index contributed by atoms with van der Waals surface area (Å²) in [5.41, 5.74) is 1.49. The van der Waals surface area contributed by atoms with Gasteiger partial charge in [0.15, 0.2) is 0 Å². The van der Waals surface area contributed by atoms with Gasteiger partial charge in [0, 0.05) is 18.2 Å². The van der Waals surface area contributed by atoms with Crippen LogP contribution in [-0.4, -0.2) is 62.4 Å². The number of ether oxygens (including phenoxy) is 2. The summed E-state index contributed by atoms with van der Waals surface area (Å²) in [6, 6.07) is 13.5. The number of sulfonamides is 1. The number of alkyl halides is 6. The van der Waals surface area contributed by atoms with Crippen molar-refractivity contribution in [1.29, 1.82) is 0 Å². The first-order chi connectivity index (χ1) is 20.5. The van der Waals surface area contributed by atoms with Crippen LogP contribution in [-0.2, 0) is 32.5 Å². The summed E-state index contributed by atoms with van der Waals surface area (Å²) in [5.74, 6) is -2.80. The Hall–Kier alpha value is -4.31. The average molecular weight is 647 g/mol. The van der Waals surface area contributed by atoms with Crippen LogP contribution in [0.5, 0.6) is 11.5 Å². The van der Waals surface area contributed by atoms with Crippen molar-refractivity contribution < 1.29 is 59.0 Å². The lowest BCUT2D eigenvalue weighted by Crippen LogP contribution is -2.31. The molecule has 16 heteroatoms. The minimum atomic E-state index is -4.93. The van der Waals surface area contributed by atoms with E-state index in [4.69, 9.17) is 4.84 Å². The quantitative estimate of drug-likeness (QED) is 0.129. The Bertz CT molecular complexity index is 1560. The summed E-state index contributed by atoms with van der Waals surface area (Å²) in [6.07, 6.45) is -9.58. The maximum Gasteiger partial charge on any atom is 0.573 e. The molecule has 0 aliphatic heterocycles. The van der Waals surface area contributed by atoms with Gasteiger partial charge in [-0.15, -0.1) is 26.3 Å². The van der Waals surface area contributed by atoms with Crippen molar-refractivity contribution in [2.24, 2.45) is 11.1 Å². The third-order valence-corrected chi connectivity index (χ3v) is 8.50. The summed E-state index contributed by atoms with van der Waals surface area (Å²) in [5, 5.41) is 13.4. The van der Waals surface area contributed by atoms with Crippen LogP contribution in [0, 0.1) is 5.92 Å². The molecule has 1 aliphatic carbocycles. The molecule has 1 aliphatic rings. The molecule has 44 heavy (non-hydrogen) atoms. The number of carboxylic acids is 1.